The predicted octanol–water partition coefficient (Wildman–Crippen LogP) is 4.35. The highest BCUT2D eigenvalue weighted by atomic mass is 16.1. The van der Waals surface area contributed by atoms with Crippen molar-refractivity contribution in [3.05, 3.63) is 0 Å². The first-order chi connectivity index (χ1) is 7.26. The standard InChI is InChI=1S/C14H26O/c1-3-6-14(15)10-9-13-8-5-7-12(4-2)11-13/h12-13H,3-11H2,1-2H3. The topological polar surface area (TPSA) is 17.1 Å². The molecule has 15 heavy (non-hydrogen) atoms. The summed E-state index contributed by atoms with van der Waals surface area (Å²) in [5.41, 5.74) is 0. The van der Waals surface area contributed by atoms with Crippen molar-refractivity contribution in [2.24, 2.45) is 11.8 Å². The van der Waals surface area contributed by atoms with E-state index in [0.29, 0.717) is 5.78 Å². The smallest absolute Gasteiger partial charge is 0.132 e. The van der Waals surface area contributed by atoms with E-state index in [9.17, 15) is 4.79 Å². The Morgan fingerprint density at radius 2 is 1.87 bits per heavy atom. The Kier molecular flexibility index (Phi) is 5.97. The maximum absolute atomic E-state index is 11.4. The van der Waals surface area contributed by atoms with Gasteiger partial charge in [-0.15, -0.1) is 0 Å². The van der Waals surface area contributed by atoms with Gasteiger partial charge in [-0.25, -0.2) is 0 Å². The molecule has 1 aliphatic rings. The minimum atomic E-state index is 0.483. The molecule has 2 unspecified atom stereocenters. The SMILES string of the molecule is CCCC(=O)CCC1CCCC(CC)C1. The summed E-state index contributed by atoms with van der Waals surface area (Å²) >= 11 is 0. The third-order valence-corrected chi connectivity index (χ3v) is 3.83. The number of rotatable bonds is 6. The summed E-state index contributed by atoms with van der Waals surface area (Å²) in [6.45, 7) is 4.39. The summed E-state index contributed by atoms with van der Waals surface area (Å²) in [5, 5.41) is 0. The fourth-order valence-corrected chi connectivity index (χ4v) is 2.80. The molecule has 0 N–H and O–H groups in total. The van der Waals surface area contributed by atoms with Gasteiger partial charge in [-0.1, -0.05) is 39.5 Å². The van der Waals surface area contributed by atoms with E-state index in [1.165, 1.54) is 32.1 Å². The van der Waals surface area contributed by atoms with Crippen LogP contribution in [-0.2, 0) is 4.79 Å². The van der Waals surface area contributed by atoms with Crippen molar-refractivity contribution in [1.82, 2.24) is 0 Å². The van der Waals surface area contributed by atoms with Gasteiger partial charge in [0.1, 0.15) is 5.78 Å². The van der Waals surface area contributed by atoms with Gasteiger partial charge >= 0.3 is 0 Å². The lowest BCUT2D eigenvalue weighted by Crippen LogP contribution is -2.16. The lowest BCUT2D eigenvalue weighted by atomic mass is 9.78. The van der Waals surface area contributed by atoms with Gasteiger partial charge in [0.25, 0.3) is 0 Å². The van der Waals surface area contributed by atoms with E-state index in [1.54, 1.807) is 0 Å². The van der Waals surface area contributed by atoms with Crippen molar-refractivity contribution < 1.29 is 4.79 Å². The zero-order chi connectivity index (χ0) is 11.1. The van der Waals surface area contributed by atoms with Gasteiger partial charge in [-0.2, -0.15) is 0 Å². The van der Waals surface area contributed by atoms with Crippen LogP contribution < -0.4 is 0 Å². The molecule has 0 aromatic rings. The van der Waals surface area contributed by atoms with Crippen LogP contribution in [-0.4, -0.2) is 5.78 Å². The predicted molar refractivity (Wildman–Crippen MR) is 64.9 cm³/mol. The molecule has 0 aliphatic heterocycles. The van der Waals surface area contributed by atoms with E-state index < -0.39 is 0 Å². The number of hydrogen-bond acceptors (Lipinski definition) is 1. The molecule has 1 nitrogen and oxygen atoms in total. The molecule has 0 aromatic carbocycles. The quantitative estimate of drug-likeness (QED) is 0.637. The number of carbonyl (C=O) groups is 1. The van der Waals surface area contributed by atoms with Crippen molar-refractivity contribution >= 4 is 5.78 Å². The van der Waals surface area contributed by atoms with Crippen LogP contribution in [0.15, 0.2) is 0 Å². The Hall–Kier alpha value is -0.330. The fraction of sp³-hybridized carbons (Fsp3) is 0.929. The summed E-state index contributed by atoms with van der Waals surface area (Å²) in [5.74, 6) is 2.28. The molecular weight excluding hydrogens is 184 g/mol. The van der Waals surface area contributed by atoms with E-state index in [4.69, 9.17) is 0 Å². The molecule has 0 radical (unpaired) electrons. The van der Waals surface area contributed by atoms with Gasteiger partial charge in [-0.3, -0.25) is 4.79 Å². The van der Waals surface area contributed by atoms with Gasteiger partial charge in [0, 0.05) is 12.8 Å². The molecule has 1 saturated carbocycles. The van der Waals surface area contributed by atoms with Crippen LogP contribution in [0.25, 0.3) is 0 Å². The van der Waals surface area contributed by atoms with Crippen molar-refractivity contribution in [2.45, 2.75) is 71.6 Å². The Bertz CT molecular complexity index is 186. The van der Waals surface area contributed by atoms with Crippen molar-refractivity contribution in [3.63, 3.8) is 0 Å². The normalized spacial score (nSPS) is 26.5. The lowest BCUT2D eigenvalue weighted by Gasteiger charge is -2.28. The first kappa shape index (κ1) is 12.7. The van der Waals surface area contributed by atoms with Crippen LogP contribution >= 0.6 is 0 Å². The molecule has 1 aliphatic carbocycles. The molecule has 88 valence electrons. The van der Waals surface area contributed by atoms with Gasteiger partial charge in [-0.05, 0) is 31.1 Å². The van der Waals surface area contributed by atoms with Crippen LogP contribution in [0.5, 0.6) is 0 Å². The van der Waals surface area contributed by atoms with Crippen LogP contribution in [0.3, 0.4) is 0 Å². The zero-order valence-electron chi connectivity index (χ0n) is 10.4. The van der Waals surface area contributed by atoms with Gasteiger partial charge in [0.2, 0.25) is 0 Å². The van der Waals surface area contributed by atoms with Crippen molar-refractivity contribution in [1.29, 1.82) is 0 Å². The third-order valence-electron chi connectivity index (χ3n) is 3.83. The third kappa shape index (κ3) is 4.81. The van der Waals surface area contributed by atoms with E-state index >= 15 is 0 Å². The van der Waals surface area contributed by atoms with Gasteiger partial charge < -0.3 is 0 Å². The molecule has 1 heteroatoms. The van der Waals surface area contributed by atoms with Gasteiger partial charge in [0.15, 0.2) is 0 Å². The zero-order valence-corrected chi connectivity index (χ0v) is 10.4. The first-order valence-electron chi connectivity index (χ1n) is 6.77. The summed E-state index contributed by atoms with van der Waals surface area (Å²) < 4.78 is 0. The second-order valence-corrected chi connectivity index (χ2v) is 5.13. The summed E-state index contributed by atoms with van der Waals surface area (Å²) in [4.78, 5) is 11.4. The number of Topliss-reactive ketones (excluding diaryl/α,β-unsaturated/α-hetero) is 1. The van der Waals surface area contributed by atoms with Crippen LogP contribution in [0.2, 0.25) is 0 Å². The average Bonchev–Trinajstić information content (AvgIpc) is 2.27. The molecular formula is C14H26O. The second kappa shape index (κ2) is 7.03. The molecule has 0 aromatic heterocycles. The average molecular weight is 210 g/mol. The van der Waals surface area contributed by atoms with E-state index in [2.05, 4.69) is 13.8 Å². The minimum Gasteiger partial charge on any atom is -0.300 e. The summed E-state index contributed by atoms with van der Waals surface area (Å²) in [7, 11) is 0. The molecule has 0 amide bonds. The van der Waals surface area contributed by atoms with E-state index in [-0.39, 0.29) is 0 Å². The largest absolute Gasteiger partial charge is 0.300 e. The molecule has 0 saturated heterocycles. The summed E-state index contributed by atoms with van der Waals surface area (Å²) in [6.07, 6.45) is 10.7. The molecule has 0 spiro atoms. The van der Waals surface area contributed by atoms with Crippen LogP contribution in [0.1, 0.15) is 71.6 Å². The number of ketones is 1. The highest BCUT2D eigenvalue weighted by Gasteiger charge is 2.20. The molecule has 1 fully saturated rings. The fourth-order valence-electron chi connectivity index (χ4n) is 2.80. The first-order valence-corrected chi connectivity index (χ1v) is 6.77. The van der Waals surface area contributed by atoms with Gasteiger partial charge in [0.05, 0.1) is 0 Å². The number of hydrogen-bond donors (Lipinski definition) is 0. The Labute approximate surface area is 94.6 Å². The minimum absolute atomic E-state index is 0.483. The monoisotopic (exact) mass is 210 g/mol. The Morgan fingerprint density at radius 3 is 2.53 bits per heavy atom. The Morgan fingerprint density at radius 1 is 1.13 bits per heavy atom. The van der Waals surface area contributed by atoms with Crippen molar-refractivity contribution in [3.8, 4) is 0 Å². The highest BCUT2D eigenvalue weighted by molar-refractivity contribution is 5.78. The molecule has 2 atom stereocenters. The van der Waals surface area contributed by atoms with E-state index in [1.807, 2.05) is 0 Å². The maximum atomic E-state index is 11.4. The Balaban J connectivity index is 2.17. The highest BCUT2D eigenvalue weighted by Crippen LogP contribution is 2.33. The summed E-state index contributed by atoms with van der Waals surface area (Å²) in [6, 6.07) is 0. The number of carbonyl (C=O) groups excluding carboxylic acids is 1. The molecule has 1 rings (SSSR count). The van der Waals surface area contributed by atoms with Crippen LogP contribution in [0, 0.1) is 11.8 Å². The molecule has 0 heterocycles. The second-order valence-electron chi connectivity index (χ2n) is 5.13. The lowest BCUT2D eigenvalue weighted by molar-refractivity contribution is -0.119. The molecule has 0 bridgehead atoms. The van der Waals surface area contributed by atoms with Crippen LogP contribution in [0.4, 0.5) is 0 Å². The van der Waals surface area contributed by atoms with Crippen molar-refractivity contribution in [2.75, 3.05) is 0 Å². The maximum Gasteiger partial charge on any atom is 0.132 e. The van der Waals surface area contributed by atoms with E-state index in [0.717, 1.165) is 37.5 Å².